The van der Waals surface area contributed by atoms with Crippen LogP contribution in [-0.2, 0) is 32.6 Å². The molecular weight excluding hydrogens is 358 g/mol. The number of fused-ring (bicyclic) bond motifs is 1. The maximum Gasteiger partial charge on any atom is 0.445 e. The van der Waals surface area contributed by atoms with Gasteiger partial charge in [-0.3, -0.25) is 9.10 Å². The minimum atomic E-state index is -4.50. The quantitative estimate of drug-likeness (QED) is 0.824. The summed E-state index contributed by atoms with van der Waals surface area (Å²) in [6, 6.07) is 15.2. The first kappa shape index (κ1) is 17.9. The van der Waals surface area contributed by atoms with Crippen molar-refractivity contribution >= 4 is 27.0 Å². The van der Waals surface area contributed by atoms with Crippen LogP contribution in [0.1, 0.15) is 11.1 Å². The minimum absolute atomic E-state index is 0.184. The van der Waals surface area contributed by atoms with Crippen LogP contribution < -0.4 is 4.31 Å². The van der Waals surface area contributed by atoms with Gasteiger partial charge in [0.05, 0.1) is 11.6 Å². The summed E-state index contributed by atoms with van der Waals surface area (Å²) >= 11 is 0. The summed E-state index contributed by atoms with van der Waals surface area (Å²) in [4.78, 5) is 23.6. The number of hydrogen-bond donors (Lipinski definition) is 1. The molecule has 1 N–H and O–H groups in total. The maximum absolute atomic E-state index is 12.7. The lowest BCUT2D eigenvalue weighted by Gasteiger charge is -2.32. The highest BCUT2D eigenvalue weighted by atomic mass is 32.2. The van der Waals surface area contributed by atoms with Crippen molar-refractivity contribution in [2.24, 2.45) is 5.92 Å². The van der Waals surface area contributed by atoms with Crippen molar-refractivity contribution in [3.8, 4) is 0 Å². The highest BCUT2D eigenvalue weighted by molar-refractivity contribution is 8.06. The summed E-state index contributed by atoms with van der Waals surface area (Å²) < 4.78 is 31.2. The van der Waals surface area contributed by atoms with Crippen molar-refractivity contribution in [1.82, 2.24) is 0 Å². The second-order valence-corrected chi connectivity index (χ2v) is 7.65. The van der Waals surface area contributed by atoms with E-state index in [1.54, 1.807) is 54.6 Å². The maximum atomic E-state index is 12.7. The molecule has 0 aromatic heterocycles. The molecule has 0 unspecified atom stereocenters. The molecule has 136 valence electrons. The van der Waals surface area contributed by atoms with Crippen molar-refractivity contribution < 1.29 is 27.9 Å². The molecule has 0 bridgehead atoms. The minimum Gasteiger partial charge on any atom is -0.481 e. The number of carboxylic acid groups (broad SMARTS) is 1. The van der Waals surface area contributed by atoms with Crippen LogP contribution in [0, 0.1) is 5.92 Å². The van der Waals surface area contributed by atoms with Crippen molar-refractivity contribution in [2.75, 3.05) is 10.8 Å². The van der Waals surface area contributed by atoms with Crippen LogP contribution >= 0.6 is 0 Å². The predicted molar refractivity (Wildman–Crippen MR) is 94.2 cm³/mol. The normalized spacial score (nSPS) is 16.6. The SMILES string of the molecule is O=C(O)[C@@H]1Cc2ccccc2N(S(=O)(=O)C(=O)OCc2ccccc2)C1. The van der Waals surface area contributed by atoms with E-state index in [1.807, 2.05) is 0 Å². The number of hydrogen-bond acceptors (Lipinski definition) is 5. The summed E-state index contributed by atoms with van der Waals surface area (Å²) in [5, 5.41) is 7.90. The third-order valence-corrected chi connectivity index (χ3v) is 5.63. The molecule has 0 saturated heterocycles. The summed E-state index contributed by atoms with van der Waals surface area (Å²) in [6.07, 6.45) is 0.205. The lowest BCUT2D eigenvalue weighted by atomic mass is 9.94. The van der Waals surface area contributed by atoms with E-state index in [-0.39, 0.29) is 19.6 Å². The molecule has 0 spiro atoms. The topological polar surface area (TPSA) is 101 Å². The number of rotatable bonds is 4. The molecule has 0 radical (unpaired) electrons. The highest BCUT2D eigenvalue weighted by Crippen LogP contribution is 2.32. The second kappa shape index (κ2) is 7.17. The third-order valence-electron chi connectivity index (χ3n) is 4.16. The molecule has 2 aromatic rings. The first-order valence-corrected chi connectivity index (χ1v) is 9.37. The number of sulfonamides is 1. The predicted octanol–water partition coefficient (Wildman–Crippen LogP) is 2.42. The Morgan fingerprint density at radius 1 is 1.08 bits per heavy atom. The van der Waals surface area contributed by atoms with Crippen LogP contribution in [0.2, 0.25) is 0 Å². The fourth-order valence-corrected chi connectivity index (χ4v) is 4.03. The third kappa shape index (κ3) is 3.55. The van der Waals surface area contributed by atoms with Crippen LogP contribution in [-0.4, -0.2) is 31.3 Å². The first-order chi connectivity index (χ1) is 12.4. The number of ether oxygens (including phenoxy) is 1. The Hall–Kier alpha value is -2.87. The molecule has 7 nitrogen and oxygen atoms in total. The van der Waals surface area contributed by atoms with Crippen molar-refractivity contribution in [3.63, 3.8) is 0 Å². The Morgan fingerprint density at radius 2 is 1.73 bits per heavy atom. The van der Waals surface area contributed by atoms with Gasteiger partial charge in [-0.25, -0.2) is 4.79 Å². The number of carboxylic acids is 1. The van der Waals surface area contributed by atoms with Gasteiger partial charge in [0.15, 0.2) is 0 Å². The fraction of sp³-hybridized carbons (Fsp3) is 0.222. The Bertz CT molecular complexity index is 926. The Morgan fingerprint density at radius 3 is 2.42 bits per heavy atom. The van der Waals surface area contributed by atoms with Gasteiger partial charge in [0.2, 0.25) is 0 Å². The van der Waals surface area contributed by atoms with Crippen molar-refractivity contribution in [2.45, 2.75) is 13.0 Å². The van der Waals surface area contributed by atoms with Crippen LogP contribution in [0.3, 0.4) is 0 Å². The van der Waals surface area contributed by atoms with Crippen LogP contribution in [0.5, 0.6) is 0 Å². The molecule has 8 heteroatoms. The van der Waals surface area contributed by atoms with Crippen LogP contribution in [0.4, 0.5) is 10.5 Å². The van der Waals surface area contributed by atoms with Crippen molar-refractivity contribution in [1.29, 1.82) is 0 Å². The number of carbonyl (C=O) groups is 2. The van der Waals surface area contributed by atoms with Gasteiger partial charge in [-0.2, -0.15) is 8.42 Å². The zero-order valence-electron chi connectivity index (χ0n) is 13.7. The standard InChI is InChI=1S/C18H17NO6S/c20-17(21)15-10-14-8-4-5-9-16(14)19(11-15)26(23,24)18(22)25-12-13-6-2-1-3-7-13/h1-9,15H,10-12H2,(H,20,21)/t15-/m1/s1. The Balaban J connectivity index is 1.85. The lowest BCUT2D eigenvalue weighted by Crippen LogP contribution is -2.45. The molecule has 1 aliphatic rings. The average Bonchev–Trinajstić information content (AvgIpc) is 2.65. The van der Waals surface area contributed by atoms with E-state index < -0.39 is 27.2 Å². The summed E-state index contributed by atoms with van der Waals surface area (Å²) in [5.74, 6) is -2.04. The van der Waals surface area contributed by atoms with Gasteiger partial charge in [0, 0.05) is 6.54 Å². The van der Waals surface area contributed by atoms with Gasteiger partial charge in [0.25, 0.3) is 0 Å². The van der Waals surface area contributed by atoms with E-state index in [0.29, 0.717) is 16.8 Å². The number of aliphatic carboxylic acids is 1. The number of para-hydroxylation sites is 1. The van der Waals surface area contributed by atoms with Crippen molar-refractivity contribution in [3.05, 3.63) is 65.7 Å². The molecular formula is C18H17NO6S. The van der Waals surface area contributed by atoms with E-state index in [1.165, 1.54) is 0 Å². The molecule has 3 rings (SSSR count). The van der Waals surface area contributed by atoms with Crippen LogP contribution in [0.15, 0.2) is 54.6 Å². The number of anilines is 1. The summed E-state index contributed by atoms with van der Waals surface area (Å²) in [6.45, 7) is -0.494. The van der Waals surface area contributed by atoms with E-state index in [9.17, 15) is 23.1 Å². The first-order valence-electron chi connectivity index (χ1n) is 7.93. The fourth-order valence-electron chi connectivity index (χ4n) is 2.83. The molecule has 2 aromatic carbocycles. The van der Waals surface area contributed by atoms with Gasteiger partial charge in [-0.1, -0.05) is 48.5 Å². The molecule has 0 aliphatic carbocycles. The zero-order valence-corrected chi connectivity index (χ0v) is 14.6. The van der Waals surface area contributed by atoms with Gasteiger partial charge >= 0.3 is 21.3 Å². The number of benzene rings is 2. The highest BCUT2D eigenvalue weighted by Gasteiger charge is 2.39. The second-order valence-electron chi connectivity index (χ2n) is 5.93. The summed E-state index contributed by atoms with van der Waals surface area (Å²) in [7, 11) is -4.50. The molecule has 1 atom stereocenters. The molecule has 0 saturated carbocycles. The lowest BCUT2D eigenvalue weighted by molar-refractivity contribution is -0.141. The number of nitrogens with zero attached hydrogens (tertiary/aromatic N) is 1. The van der Waals surface area contributed by atoms with Gasteiger partial charge in [0.1, 0.15) is 6.61 Å². The summed E-state index contributed by atoms with van der Waals surface area (Å²) in [5.41, 5.74) is 1.52. The van der Waals surface area contributed by atoms with Gasteiger partial charge < -0.3 is 9.84 Å². The van der Waals surface area contributed by atoms with E-state index in [2.05, 4.69) is 0 Å². The zero-order chi connectivity index (χ0) is 18.7. The average molecular weight is 375 g/mol. The monoisotopic (exact) mass is 375 g/mol. The van der Waals surface area contributed by atoms with E-state index in [0.717, 1.165) is 4.31 Å². The Kier molecular flexibility index (Phi) is 4.94. The molecule has 26 heavy (non-hydrogen) atoms. The molecule has 0 amide bonds. The number of carbonyl (C=O) groups excluding carboxylic acids is 1. The molecule has 1 aliphatic heterocycles. The molecule has 1 heterocycles. The van der Waals surface area contributed by atoms with E-state index >= 15 is 0 Å². The van der Waals surface area contributed by atoms with Gasteiger partial charge in [-0.15, -0.1) is 0 Å². The molecule has 0 fully saturated rings. The smallest absolute Gasteiger partial charge is 0.445 e. The van der Waals surface area contributed by atoms with Crippen LogP contribution in [0.25, 0.3) is 0 Å². The Labute approximate surface area is 150 Å². The van der Waals surface area contributed by atoms with E-state index in [4.69, 9.17) is 4.74 Å². The largest absolute Gasteiger partial charge is 0.481 e. The van der Waals surface area contributed by atoms with Gasteiger partial charge in [-0.05, 0) is 23.6 Å².